The first-order chi connectivity index (χ1) is 8.81. The SMILES string of the molecule is CCCCCCCOc1nc(N)cn2ccnc12. The summed E-state index contributed by atoms with van der Waals surface area (Å²) >= 11 is 0. The molecular formula is C13H20N4O. The maximum Gasteiger partial charge on any atom is 0.260 e. The van der Waals surface area contributed by atoms with Crippen LogP contribution in [-0.2, 0) is 0 Å². The Hall–Kier alpha value is -1.78. The average molecular weight is 248 g/mol. The van der Waals surface area contributed by atoms with Gasteiger partial charge in [0.1, 0.15) is 5.82 Å². The van der Waals surface area contributed by atoms with E-state index in [-0.39, 0.29) is 0 Å². The molecule has 5 nitrogen and oxygen atoms in total. The molecule has 0 aromatic carbocycles. The van der Waals surface area contributed by atoms with Gasteiger partial charge in [-0.3, -0.25) is 4.40 Å². The van der Waals surface area contributed by atoms with Gasteiger partial charge in [0.05, 0.1) is 12.8 Å². The predicted molar refractivity (Wildman–Crippen MR) is 71.7 cm³/mol. The van der Waals surface area contributed by atoms with E-state index in [0.29, 0.717) is 18.3 Å². The van der Waals surface area contributed by atoms with Crippen molar-refractivity contribution in [2.75, 3.05) is 12.3 Å². The predicted octanol–water partition coefficient (Wildman–Crippen LogP) is 2.66. The lowest BCUT2D eigenvalue weighted by molar-refractivity contribution is 0.295. The summed E-state index contributed by atoms with van der Waals surface area (Å²) in [7, 11) is 0. The van der Waals surface area contributed by atoms with Gasteiger partial charge in [0, 0.05) is 12.4 Å². The molecule has 0 bridgehead atoms. The van der Waals surface area contributed by atoms with Crippen LogP contribution in [0.25, 0.3) is 5.65 Å². The number of fused-ring (bicyclic) bond motifs is 1. The number of nitrogens with zero attached hydrogens (tertiary/aromatic N) is 3. The fourth-order valence-electron chi connectivity index (χ4n) is 1.89. The quantitative estimate of drug-likeness (QED) is 0.765. The third-order valence-corrected chi connectivity index (χ3v) is 2.85. The van der Waals surface area contributed by atoms with E-state index in [0.717, 1.165) is 12.1 Å². The molecule has 2 rings (SSSR count). The van der Waals surface area contributed by atoms with Crippen molar-refractivity contribution in [3.05, 3.63) is 18.6 Å². The van der Waals surface area contributed by atoms with Crippen molar-refractivity contribution in [1.29, 1.82) is 0 Å². The van der Waals surface area contributed by atoms with Gasteiger partial charge < -0.3 is 10.5 Å². The van der Waals surface area contributed by atoms with E-state index in [2.05, 4.69) is 16.9 Å². The second-order valence-corrected chi connectivity index (χ2v) is 4.39. The monoisotopic (exact) mass is 248 g/mol. The lowest BCUT2D eigenvalue weighted by atomic mass is 10.2. The number of nitrogens with two attached hydrogens (primary N) is 1. The van der Waals surface area contributed by atoms with E-state index in [1.54, 1.807) is 12.4 Å². The van der Waals surface area contributed by atoms with Gasteiger partial charge in [-0.2, -0.15) is 4.98 Å². The minimum absolute atomic E-state index is 0.446. The van der Waals surface area contributed by atoms with E-state index >= 15 is 0 Å². The molecule has 0 aliphatic rings. The zero-order valence-corrected chi connectivity index (χ0v) is 10.8. The van der Waals surface area contributed by atoms with Crippen LogP contribution in [-0.4, -0.2) is 21.0 Å². The van der Waals surface area contributed by atoms with Crippen molar-refractivity contribution in [1.82, 2.24) is 14.4 Å². The van der Waals surface area contributed by atoms with Crippen LogP contribution in [0.2, 0.25) is 0 Å². The van der Waals surface area contributed by atoms with E-state index < -0.39 is 0 Å². The van der Waals surface area contributed by atoms with Crippen LogP contribution in [0.15, 0.2) is 18.6 Å². The third kappa shape index (κ3) is 3.12. The Morgan fingerprint density at radius 3 is 2.94 bits per heavy atom. The van der Waals surface area contributed by atoms with E-state index in [9.17, 15) is 0 Å². The molecule has 2 heterocycles. The van der Waals surface area contributed by atoms with Gasteiger partial charge in [0.2, 0.25) is 5.65 Å². The Labute approximate surface area is 107 Å². The second kappa shape index (κ2) is 6.23. The molecule has 0 saturated carbocycles. The number of hydrogen-bond acceptors (Lipinski definition) is 4. The van der Waals surface area contributed by atoms with Gasteiger partial charge in [0.25, 0.3) is 5.88 Å². The van der Waals surface area contributed by atoms with Gasteiger partial charge in [0.15, 0.2) is 0 Å². The molecule has 18 heavy (non-hydrogen) atoms. The van der Waals surface area contributed by atoms with Crippen LogP contribution in [0, 0.1) is 0 Å². The first-order valence-corrected chi connectivity index (χ1v) is 6.53. The van der Waals surface area contributed by atoms with Gasteiger partial charge in [-0.25, -0.2) is 4.98 Å². The number of anilines is 1. The minimum Gasteiger partial charge on any atom is -0.475 e. The number of ether oxygens (including phenoxy) is 1. The highest BCUT2D eigenvalue weighted by atomic mass is 16.5. The molecule has 2 N–H and O–H groups in total. The third-order valence-electron chi connectivity index (χ3n) is 2.85. The molecular weight excluding hydrogens is 228 g/mol. The standard InChI is InChI=1S/C13H20N4O/c1-2-3-4-5-6-9-18-13-12-15-7-8-17(12)10-11(14)16-13/h7-8,10H,2-6,9,14H2,1H3. The lowest BCUT2D eigenvalue weighted by Gasteiger charge is -2.07. The first-order valence-electron chi connectivity index (χ1n) is 6.53. The molecule has 0 spiro atoms. The Balaban J connectivity index is 1.89. The fraction of sp³-hybridized carbons (Fsp3) is 0.538. The number of hydrogen-bond donors (Lipinski definition) is 1. The minimum atomic E-state index is 0.446. The highest BCUT2D eigenvalue weighted by Crippen LogP contribution is 2.17. The van der Waals surface area contributed by atoms with Crippen molar-refractivity contribution < 1.29 is 4.74 Å². The van der Waals surface area contributed by atoms with Crippen LogP contribution in [0.1, 0.15) is 39.0 Å². The van der Waals surface area contributed by atoms with Crippen molar-refractivity contribution in [3.63, 3.8) is 0 Å². The van der Waals surface area contributed by atoms with Crippen LogP contribution in [0.4, 0.5) is 5.82 Å². The lowest BCUT2D eigenvalue weighted by Crippen LogP contribution is -2.04. The van der Waals surface area contributed by atoms with Crippen LogP contribution >= 0.6 is 0 Å². The van der Waals surface area contributed by atoms with Gasteiger partial charge in [-0.1, -0.05) is 32.6 Å². The molecule has 98 valence electrons. The molecule has 2 aromatic rings. The van der Waals surface area contributed by atoms with Crippen molar-refractivity contribution in [2.24, 2.45) is 0 Å². The molecule has 0 atom stereocenters. The summed E-state index contributed by atoms with van der Waals surface area (Å²) in [6.07, 6.45) is 11.3. The number of aromatic nitrogens is 3. The number of nitrogen functional groups attached to an aromatic ring is 1. The maximum absolute atomic E-state index is 5.71. The molecule has 0 fully saturated rings. The van der Waals surface area contributed by atoms with Gasteiger partial charge in [-0.05, 0) is 6.42 Å². The maximum atomic E-state index is 5.71. The summed E-state index contributed by atoms with van der Waals surface area (Å²) in [6.45, 7) is 2.88. The fourth-order valence-corrected chi connectivity index (χ4v) is 1.89. The molecule has 0 aliphatic carbocycles. The van der Waals surface area contributed by atoms with Crippen molar-refractivity contribution in [2.45, 2.75) is 39.0 Å². The van der Waals surface area contributed by atoms with Gasteiger partial charge in [-0.15, -0.1) is 0 Å². The Morgan fingerprint density at radius 2 is 2.11 bits per heavy atom. The number of imidazole rings is 1. The zero-order chi connectivity index (χ0) is 12.8. The summed E-state index contributed by atoms with van der Waals surface area (Å²) in [6, 6.07) is 0. The van der Waals surface area contributed by atoms with Crippen LogP contribution < -0.4 is 10.5 Å². The number of unbranched alkanes of at least 4 members (excludes halogenated alkanes) is 4. The summed E-state index contributed by atoms with van der Waals surface area (Å²) in [5.41, 5.74) is 6.43. The highest BCUT2D eigenvalue weighted by Gasteiger charge is 2.06. The average Bonchev–Trinajstić information content (AvgIpc) is 2.81. The van der Waals surface area contributed by atoms with Crippen LogP contribution in [0.5, 0.6) is 5.88 Å². The molecule has 0 saturated heterocycles. The van der Waals surface area contributed by atoms with E-state index in [1.807, 2.05) is 10.6 Å². The summed E-state index contributed by atoms with van der Waals surface area (Å²) in [5.74, 6) is 0.969. The molecule has 0 unspecified atom stereocenters. The van der Waals surface area contributed by atoms with E-state index in [1.165, 1.54) is 25.7 Å². The molecule has 2 aromatic heterocycles. The van der Waals surface area contributed by atoms with Crippen molar-refractivity contribution in [3.8, 4) is 5.88 Å². The Morgan fingerprint density at radius 1 is 1.28 bits per heavy atom. The van der Waals surface area contributed by atoms with Crippen molar-refractivity contribution >= 4 is 11.5 Å². The molecule has 0 aliphatic heterocycles. The Bertz CT molecular complexity index is 495. The summed E-state index contributed by atoms with van der Waals surface area (Å²) < 4.78 is 7.49. The smallest absolute Gasteiger partial charge is 0.260 e. The molecule has 0 radical (unpaired) electrons. The Kier molecular flexibility index (Phi) is 4.39. The van der Waals surface area contributed by atoms with Gasteiger partial charge >= 0.3 is 0 Å². The molecule has 5 heteroatoms. The summed E-state index contributed by atoms with van der Waals surface area (Å²) in [4.78, 5) is 8.39. The normalized spacial score (nSPS) is 10.9. The molecule has 0 amide bonds. The zero-order valence-electron chi connectivity index (χ0n) is 10.8. The summed E-state index contributed by atoms with van der Waals surface area (Å²) in [5, 5.41) is 0. The first kappa shape index (κ1) is 12.7. The van der Waals surface area contributed by atoms with E-state index in [4.69, 9.17) is 10.5 Å². The number of rotatable bonds is 7. The highest BCUT2D eigenvalue weighted by molar-refractivity contribution is 5.52. The topological polar surface area (TPSA) is 65.4 Å². The second-order valence-electron chi connectivity index (χ2n) is 4.39. The van der Waals surface area contributed by atoms with Crippen LogP contribution in [0.3, 0.4) is 0 Å². The largest absolute Gasteiger partial charge is 0.475 e.